The SMILES string of the molecule is Cc1ccoc1C(N)Cc1c(F)cccc1Cl. The predicted octanol–water partition coefficient (Wildman–Crippen LogP) is 3.62. The summed E-state index contributed by atoms with van der Waals surface area (Å²) in [6.45, 7) is 1.90. The van der Waals surface area contributed by atoms with Crippen LogP contribution in [0.5, 0.6) is 0 Å². The molecule has 0 saturated heterocycles. The monoisotopic (exact) mass is 253 g/mol. The van der Waals surface area contributed by atoms with Crippen molar-refractivity contribution in [2.24, 2.45) is 5.73 Å². The van der Waals surface area contributed by atoms with Crippen molar-refractivity contribution in [2.45, 2.75) is 19.4 Å². The first-order valence-electron chi connectivity index (χ1n) is 5.32. The van der Waals surface area contributed by atoms with Crippen LogP contribution < -0.4 is 5.73 Å². The van der Waals surface area contributed by atoms with E-state index in [1.165, 1.54) is 6.07 Å². The van der Waals surface area contributed by atoms with Gasteiger partial charge in [0.1, 0.15) is 11.6 Å². The van der Waals surface area contributed by atoms with E-state index in [2.05, 4.69) is 0 Å². The van der Waals surface area contributed by atoms with Gasteiger partial charge >= 0.3 is 0 Å². The first kappa shape index (κ1) is 12.1. The summed E-state index contributed by atoms with van der Waals surface area (Å²) in [5, 5.41) is 0.393. The Morgan fingerprint density at radius 3 is 2.76 bits per heavy atom. The smallest absolute Gasteiger partial charge is 0.127 e. The molecule has 4 heteroatoms. The lowest BCUT2D eigenvalue weighted by Crippen LogP contribution is -2.14. The standard InChI is InChI=1S/C13H13ClFNO/c1-8-5-6-17-13(8)12(16)7-9-10(14)3-2-4-11(9)15/h2-6,12H,7,16H2,1H3. The van der Waals surface area contributed by atoms with Crippen LogP contribution in [0.2, 0.25) is 5.02 Å². The molecule has 2 aromatic rings. The van der Waals surface area contributed by atoms with Gasteiger partial charge in [-0.1, -0.05) is 17.7 Å². The zero-order valence-corrected chi connectivity index (χ0v) is 10.2. The van der Waals surface area contributed by atoms with Gasteiger partial charge in [0.25, 0.3) is 0 Å². The van der Waals surface area contributed by atoms with Gasteiger partial charge in [-0.05, 0) is 37.1 Å². The van der Waals surface area contributed by atoms with Crippen LogP contribution in [0.3, 0.4) is 0 Å². The average molecular weight is 254 g/mol. The fourth-order valence-corrected chi connectivity index (χ4v) is 2.04. The van der Waals surface area contributed by atoms with E-state index in [1.54, 1.807) is 18.4 Å². The van der Waals surface area contributed by atoms with E-state index in [-0.39, 0.29) is 11.9 Å². The van der Waals surface area contributed by atoms with E-state index in [4.69, 9.17) is 21.8 Å². The second kappa shape index (κ2) is 4.90. The number of aryl methyl sites for hydroxylation is 1. The van der Waals surface area contributed by atoms with Crippen LogP contribution in [0, 0.1) is 12.7 Å². The van der Waals surface area contributed by atoms with E-state index >= 15 is 0 Å². The van der Waals surface area contributed by atoms with Gasteiger partial charge in [0, 0.05) is 10.6 Å². The fourth-order valence-electron chi connectivity index (χ4n) is 1.80. The molecular formula is C13H13ClFNO. The molecule has 0 aliphatic heterocycles. The van der Waals surface area contributed by atoms with E-state index < -0.39 is 0 Å². The Bertz CT molecular complexity index is 504. The molecule has 2 rings (SSSR count). The third-order valence-corrected chi connectivity index (χ3v) is 3.08. The number of nitrogens with two attached hydrogens (primary N) is 1. The number of benzene rings is 1. The third kappa shape index (κ3) is 2.51. The van der Waals surface area contributed by atoms with E-state index in [1.807, 2.05) is 13.0 Å². The summed E-state index contributed by atoms with van der Waals surface area (Å²) in [4.78, 5) is 0. The van der Waals surface area contributed by atoms with Crippen molar-refractivity contribution in [1.82, 2.24) is 0 Å². The molecule has 90 valence electrons. The van der Waals surface area contributed by atoms with Gasteiger partial charge < -0.3 is 10.2 Å². The molecule has 17 heavy (non-hydrogen) atoms. The Hall–Kier alpha value is -1.32. The van der Waals surface area contributed by atoms with Crippen molar-refractivity contribution >= 4 is 11.6 Å². The van der Waals surface area contributed by atoms with E-state index in [0.717, 1.165) is 5.56 Å². The van der Waals surface area contributed by atoms with Crippen molar-refractivity contribution in [1.29, 1.82) is 0 Å². The molecule has 0 radical (unpaired) electrons. The minimum absolute atomic E-state index is 0.319. The lowest BCUT2D eigenvalue weighted by Gasteiger charge is -2.12. The predicted molar refractivity (Wildman–Crippen MR) is 65.5 cm³/mol. The Kier molecular flexibility index (Phi) is 3.50. The van der Waals surface area contributed by atoms with Gasteiger partial charge in [-0.2, -0.15) is 0 Å². The minimum Gasteiger partial charge on any atom is -0.467 e. The maximum Gasteiger partial charge on any atom is 0.127 e. The molecule has 0 fully saturated rings. The molecule has 1 heterocycles. The van der Waals surface area contributed by atoms with Gasteiger partial charge in [0.05, 0.1) is 12.3 Å². The summed E-state index contributed by atoms with van der Waals surface area (Å²) >= 11 is 5.95. The molecule has 1 aromatic heterocycles. The zero-order valence-electron chi connectivity index (χ0n) is 9.41. The summed E-state index contributed by atoms with van der Waals surface area (Å²) in [6.07, 6.45) is 1.90. The highest BCUT2D eigenvalue weighted by atomic mass is 35.5. The van der Waals surface area contributed by atoms with Gasteiger partial charge in [0.2, 0.25) is 0 Å². The lowest BCUT2D eigenvalue weighted by molar-refractivity contribution is 0.457. The Morgan fingerprint density at radius 1 is 1.41 bits per heavy atom. The number of rotatable bonds is 3. The Labute approximate surface area is 104 Å². The molecule has 1 atom stereocenters. The maximum atomic E-state index is 13.6. The van der Waals surface area contributed by atoms with Gasteiger partial charge in [-0.3, -0.25) is 0 Å². The Balaban J connectivity index is 2.25. The summed E-state index contributed by atoms with van der Waals surface area (Å²) in [5.41, 5.74) is 7.38. The first-order valence-corrected chi connectivity index (χ1v) is 5.70. The minimum atomic E-state index is -0.389. The molecular weight excluding hydrogens is 241 g/mol. The van der Waals surface area contributed by atoms with Crippen molar-refractivity contribution in [3.05, 3.63) is 58.3 Å². The number of hydrogen-bond donors (Lipinski definition) is 1. The van der Waals surface area contributed by atoms with Crippen LogP contribution in [0.15, 0.2) is 34.9 Å². The average Bonchev–Trinajstić information content (AvgIpc) is 2.70. The van der Waals surface area contributed by atoms with Crippen LogP contribution in [0.25, 0.3) is 0 Å². The molecule has 0 aliphatic carbocycles. The van der Waals surface area contributed by atoms with Gasteiger partial charge in [-0.25, -0.2) is 4.39 Å². The highest BCUT2D eigenvalue weighted by Crippen LogP contribution is 2.26. The second-order valence-electron chi connectivity index (χ2n) is 3.98. The van der Waals surface area contributed by atoms with Crippen molar-refractivity contribution in [2.75, 3.05) is 0 Å². The summed E-state index contributed by atoms with van der Waals surface area (Å²) in [6, 6.07) is 6.05. The quantitative estimate of drug-likeness (QED) is 0.907. The second-order valence-corrected chi connectivity index (χ2v) is 4.39. The normalized spacial score (nSPS) is 12.7. The van der Waals surface area contributed by atoms with Crippen molar-refractivity contribution in [3.63, 3.8) is 0 Å². The lowest BCUT2D eigenvalue weighted by atomic mass is 10.0. The van der Waals surface area contributed by atoms with Crippen LogP contribution in [-0.4, -0.2) is 0 Å². The fraction of sp³-hybridized carbons (Fsp3) is 0.231. The first-order chi connectivity index (χ1) is 8.09. The summed E-state index contributed by atoms with van der Waals surface area (Å²) in [5.74, 6) is 0.335. The zero-order chi connectivity index (χ0) is 12.4. The topological polar surface area (TPSA) is 39.2 Å². The van der Waals surface area contributed by atoms with E-state index in [9.17, 15) is 4.39 Å². The molecule has 0 saturated carbocycles. The molecule has 0 amide bonds. The molecule has 0 bridgehead atoms. The van der Waals surface area contributed by atoms with Crippen LogP contribution in [0.1, 0.15) is 22.9 Å². The molecule has 1 unspecified atom stereocenters. The van der Waals surface area contributed by atoms with Crippen molar-refractivity contribution in [3.8, 4) is 0 Å². The molecule has 0 aliphatic rings. The highest BCUT2D eigenvalue weighted by molar-refractivity contribution is 6.31. The van der Waals surface area contributed by atoms with Gasteiger partial charge in [-0.15, -0.1) is 0 Å². The van der Waals surface area contributed by atoms with Crippen LogP contribution >= 0.6 is 11.6 Å². The largest absolute Gasteiger partial charge is 0.467 e. The Morgan fingerprint density at radius 2 is 2.18 bits per heavy atom. The molecule has 1 aromatic carbocycles. The third-order valence-electron chi connectivity index (χ3n) is 2.72. The molecule has 0 spiro atoms. The van der Waals surface area contributed by atoms with Crippen LogP contribution in [0.4, 0.5) is 4.39 Å². The number of furan rings is 1. The number of hydrogen-bond acceptors (Lipinski definition) is 2. The summed E-state index contributed by atoms with van der Waals surface area (Å²) < 4.78 is 18.9. The van der Waals surface area contributed by atoms with Crippen LogP contribution in [-0.2, 0) is 6.42 Å². The van der Waals surface area contributed by atoms with E-state index in [0.29, 0.717) is 22.8 Å². The summed E-state index contributed by atoms with van der Waals surface area (Å²) in [7, 11) is 0. The highest BCUT2D eigenvalue weighted by Gasteiger charge is 2.17. The maximum absolute atomic E-state index is 13.6. The van der Waals surface area contributed by atoms with Gasteiger partial charge in [0.15, 0.2) is 0 Å². The van der Waals surface area contributed by atoms with Crippen molar-refractivity contribution < 1.29 is 8.81 Å². The number of halogens is 2. The molecule has 2 N–H and O–H groups in total. The molecule has 2 nitrogen and oxygen atoms in total.